The number of hydrogen-bond acceptors (Lipinski definition) is 3. The Morgan fingerprint density at radius 1 is 0.968 bits per heavy atom. The molecule has 3 aromatic carbocycles. The van der Waals surface area contributed by atoms with Crippen molar-refractivity contribution >= 4 is 16.9 Å². The van der Waals surface area contributed by atoms with Gasteiger partial charge in [0.05, 0.1) is 11.0 Å². The minimum atomic E-state index is -0.0955. The molecule has 1 N–H and O–H groups in total. The van der Waals surface area contributed by atoms with E-state index in [0.29, 0.717) is 31.2 Å². The quantitative estimate of drug-likeness (QED) is 0.434. The highest BCUT2D eigenvalue weighted by atomic mass is 16.5. The fourth-order valence-corrected chi connectivity index (χ4v) is 3.68. The third-order valence-corrected chi connectivity index (χ3v) is 5.18. The third kappa shape index (κ3) is 4.94. The van der Waals surface area contributed by atoms with Gasteiger partial charge in [0.25, 0.3) is 5.91 Å². The van der Waals surface area contributed by atoms with Gasteiger partial charge in [0.1, 0.15) is 18.2 Å². The van der Waals surface area contributed by atoms with Crippen LogP contribution in [0.4, 0.5) is 0 Å². The molecule has 0 aliphatic carbocycles. The molecule has 5 heteroatoms. The van der Waals surface area contributed by atoms with Crippen LogP contribution in [-0.4, -0.2) is 22.0 Å². The second-order valence-corrected chi connectivity index (χ2v) is 7.79. The van der Waals surface area contributed by atoms with E-state index in [1.165, 1.54) is 0 Å². The normalized spacial score (nSPS) is 11.1. The number of fused-ring (bicyclic) bond motifs is 1. The molecule has 1 aromatic heterocycles. The Bertz CT molecular complexity index is 1150. The van der Waals surface area contributed by atoms with Crippen LogP contribution in [0.3, 0.4) is 0 Å². The number of amides is 1. The molecule has 0 spiro atoms. The smallest absolute Gasteiger partial charge is 0.251 e. The number of hydrogen-bond donors (Lipinski definition) is 1. The Labute approximate surface area is 182 Å². The zero-order valence-electron chi connectivity index (χ0n) is 17.9. The molecule has 0 saturated carbocycles. The number of carbonyl (C=O) groups excluding carboxylic acids is 1. The maximum Gasteiger partial charge on any atom is 0.251 e. The van der Waals surface area contributed by atoms with E-state index in [0.717, 1.165) is 28.2 Å². The predicted molar refractivity (Wildman–Crippen MR) is 123 cm³/mol. The van der Waals surface area contributed by atoms with Crippen LogP contribution in [0.1, 0.15) is 41.6 Å². The molecule has 0 bridgehead atoms. The van der Waals surface area contributed by atoms with Gasteiger partial charge in [-0.2, -0.15) is 0 Å². The van der Waals surface area contributed by atoms with E-state index in [1.54, 1.807) is 12.1 Å². The molecule has 0 atom stereocenters. The van der Waals surface area contributed by atoms with Gasteiger partial charge in [0, 0.05) is 24.6 Å². The summed E-state index contributed by atoms with van der Waals surface area (Å²) in [6.45, 7) is 5.33. The minimum Gasteiger partial charge on any atom is -0.489 e. The average molecular weight is 414 g/mol. The van der Waals surface area contributed by atoms with E-state index < -0.39 is 0 Å². The Hall–Kier alpha value is -3.60. The lowest BCUT2D eigenvalue weighted by atomic mass is 10.2. The van der Waals surface area contributed by atoms with Gasteiger partial charge in [0.15, 0.2) is 0 Å². The van der Waals surface area contributed by atoms with E-state index in [4.69, 9.17) is 9.72 Å². The summed E-state index contributed by atoms with van der Waals surface area (Å²) in [5, 5.41) is 3.00. The lowest BCUT2D eigenvalue weighted by Crippen LogP contribution is -2.26. The molecule has 0 saturated heterocycles. The minimum absolute atomic E-state index is 0.0955. The van der Waals surface area contributed by atoms with Crippen molar-refractivity contribution in [2.75, 3.05) is 6.54 Å². The number of rotatable bonds is 8. The average Bonchev–Trinajstić information content (AvgIpc) is 3.17. The molecule has 4 rings (SSSR count). The first-order valence-electron chi connectivity index (χ1n) is 10.6. The van der Waals surface area contributed by atoms with Gasteiger partial charge in [-0.3, -0.25) is 4.79 Å². The summed E-state index contributed by atoms with van der Waals surface area (Å²) >= 11 is 0. The number of aromatic nitrogens is 2. The number of ether oxygens (including phenoxy) is 1. The molecule has 0 aliphatic heterocycles. The van der Waals surface area contributed by atoms with E-state index in [9.17, 15) is 4.79 Å². The summed E-state index contributed by atoms with van der Waals surface area (Å²) in [4.78, 5) is 17.3. The SMILES string of the molecule is CC(C)n1c(CCNC(=O)c2ccc(OCc3ccccc3)cc2)nc2ccccc21. The fourth-order valence-electron chi connectivity index (χ4n) is 3.68. The van der Waals surface area contributed by atoms with Crippen LogP contribution in [-0.2, 0) is 13.0 Å². The first-order chi connectivity index (χ1) is 15.1. The number of benzene rings is 3. The van der Waals surface area contributed by atoms with Crippen molar-refractivity contribution in [1.29, 1.82) is 0 Å². The summed E-state index contributed by atoms with van der Waals surface area (Å²) in [7, 11) is 0. The molecule has 31 heavy (non-hydrogen) atoms. The van der Waals surface area contributed by atoms with Gasteiger partial charge in [-0.15, -0.1) is 0 Å². The standard InChI is InChI=1S/C26H27N3O2/c1-19(2)29-24-11-7-6-10-23(24)28-25(29)16-17-27-26(30)21-12-14-22(15-13-21)31-18-20-8-4-3-5-9-20/h3-15,19H,16-18H2,1-2H3,(H,27,30). The number of nitrogens with one attached hydrogen (secondary N) is 1. The maximum atomic E-state index is 12.5. The van der Waals surface area contributed by atoms with Crippen molar-refractivity contribution in [2.24, 2.45) is 0 Å². The van der Waals surface area contributed by atoms with Crippen LogP contribution in [0.2, 0.25) is 0 Å². The fraction of sp³-hybridized carbons (Fsp3) is 0.231. The Morgan fingerprint density at radius 2 is 1.68 bits per heavy atom. The molecular formula is C26H27N3O2. The summed E-state index contributed by atoms with van der Waals surface area (Å²) in [5.41, 5.74) is 3.84. The maximum absolute atomic E-state index is 12.5. The van der Waals surface area contributed by atoms with Crippen molar-refractivity contribution in [3.63, 3.8) is 0 Å². The van der Waals surface area contributed by atoms with Gasteiger partial charge >= 0.3 is 0 Å². The van der Waals surface area contributed by atoms with Crippen LogP contribution in [0.15, 0.2) is 78.9 Å². The Kier molecular flexibility index (Phi) is 6.32. The number of carbonyl (C=O) groups is 1. The van der Waals surface area contributed by atoms with E-state index in [1.807, 2.05) is 60.7 Å². The van der Waals surface area contributed by atoms with Crippen molar-refractivity contribution < 1.29 is 9.53 Å². The van der Waals surface area contributed by atoms with Crippen LogP contribution >= 0.6 is 0 Å². The van der Waals surface area contributed by atoms with Crippen LogP contribution in [0, 0.1) is 0 Å². The molecule has 5 nitrogen and oxygen atoms in total. The van der Waals surface area contributed by atoms with Crippen LogP contribution in [0.25, 0.3) is 11.0 Å². The topological polar surface area (TPSA) is 56.2 Å². The molecule has 4 aromatic rings. The Balaban J connectivity index is 1.33. The molecular weight excluding hydrogens is 386 g/mol. The van der Waals surface area contributed by atoms with Gasteiger partial charge in [0.2, 0.25) is 0 Å². The molecule has 0 unspecified atom stereocenters. The number of nitrogens with zero attached hydrogens (tertiary/aromatic N) is 2. The highest BCUT2D eigenvalue weighted by Gasteiger charge is 2.13. The summed E-state index contributed by atoms with van der Waals surface area (Å²) in [6, 6.07) is 25.7. The molecule has 158 valence electrons. The summed E-state index contributed by atoms with van der Waals surface area (Å²) in [6.07, 6.45) is 0.677. The van der Waals surface area contributed by atoms with E-state index in [-0.39, 0.29) is 5.91 Å². The first-order valence-corrected chi connectivity index (χ1v) is 10.6. The van der Waals surface area contributed by atoms with Gasteiger partial charge in [-0.1, -0.05) is 42.5 Å². The molecule has 0 radical (unpaired) electrons. The monoisotopic (exact) mass is 413 g/mol. The highest BCUT2D eigenvalue weighted by molar-refractivity contribution is 5.94. The zero-order chi connectivity index (χ0) is 21.6. The number of para-hydroxylation sites is 2. The lowest BCUT2D eigenvalue weighted by Gasteiger charge is -2.13. The summed E-state index contributed by atoms with van der Waals surface area (Å²) in [5.74, 6) is 1.63. The largest absolute Gasteiger partial charge is 0.489 e. The Morgan fingerprint density at radius 3 is 2.42 bits per heavy atom. The van der Waals surface area contributed by atoms with E-state index in [2.05, 4.69) is 29.8 Å². The molecule has 1 amide bonds. The van der Waals surface area contributed by atoms with Crippen molar-refractivity contribution in [2.45, 2.75) is 32.9 Å². The second-order valence-electron chi connectivity index (χ2n) is 7.79. The predicted octanol–water partition coefficient (Wildman–Crippen LogP) is 5.17. The van der Waals surface area contributed by atoms with E-state index >= 15 is 0 Å². The summed E-state index contributed by atoms with van der Waals surface area (Å²) < 4.78 is 8.02. The van der Waals surface area contributed by atoms with Crippen LogP contribution < -0.4 is 10.1 Å². The highest BCUT2D eigenvalue weighted by Crippen LogP contribution is 2.21. The van der Waals surface area contributed by atoms with Gasteiger partial charge < -0.3 is 14.6 Å². The zero-order valence-corrected chi connectivity index (χ0v) is 17.9. The van der Waals surface area contributed by atoms with Gasteiger partial charge in [-0.05, 0) is 55.8 Å². The third-order valence-electron chi connectivity index (χ3n) is 5.18. The number of imidazole rings is 1. The van der Waals surface area contributed by atoms with Gasteiger partial charge in [-0.25, -0.2) is 4.98 Å². The van der Waals surface area contributed by atoms with Crippen molar-refractivity contribution in [1.82, 2.24) is 14.9 Å². The molecule has 0 aliphatic rings. The van der Waals surface area contributed by atoms with Crippen LogP contribution in [0.5, 0.6) is 5.75 Å². The first kappa shape index (κ1) is 20.7. The lowest BCUT2D eigenvalue weighted by molar-refractivity contribution is 0.0954. The molecule has 1 heterocycles. The second kappa shape index (κ2) is 9.47. The van der Waals surface area contributed by atoms with Crippen molar-refractivity contribution in [3.8, 4) is 5.75 Å². The molecule has 0 fully saturated rings. The van der Waals surface area contributed by atoms with Crippen molar-refractivity contribution in [3.05, 3.63) is 95.8 Å².